The summed E-state index contributed by atoms with van der Waals surface area (Å²) in [6.45, 7) is 3.73. The molecule has 2 N–H and O–H groups in total. The number of aromatic nitrogens is 1. The first kappa shape index (κ1) is 23.6. The Balaban J connectivity index is 1.39. The van der Waals surface area contributed by atoms with E-state index >= 15 is 0 Å². The van der Waals surface area contributed by atoms with Crippen molar-refractivity contribution in [3.05, 3.63) is 107 Å². The Morgan fingerprint density at radius 3 is 2.66 bits per heavy atom. The molecule has 35 heavy (non-hydrogen) atoms. The Kier molecular flexibility index (Phi) is 7.16. The number of furan rings is 1. The molecule has 0 bridgehead atoms. The molecule has 3 heterocycles. The molecule has 0 amide bonds. The molecule has 1 saturated heterocycles. The predicted octanol–water partition coefficient (Wildman–Crippen LogP) is 6.89. The van der Waals surface area contributed by atoms with Crippen LogP contribution in [0.15, 0.2) is 93.9 Å². The molecule has 1 aliphatic heterocycles. The maximum absolute atomic E-state index is 6.47. The highest BCUT2D eigenvalue weighted by Crippen LogP contribution is 2.41. The molecule has 2 aromatic carbocycles. The second-order valence-electron chi connectivity index (χ2n) is 8.65. The van der Waals surface area contributed by atoms with E-state index in [2.05, 4.69) is 79.8 Å². The molecule has 1 fully saturated rings. The molecular weight excluding hydrogens is 520 g/mol. The van der Waals surface area contributed by atoms with E-state index in [1.54, 1.807) is 0 Å². The van der Waals surface area contributed by atoms with Gasteiger partial charge in [0.1, 0.15) is 17.6 Å². The number of halogens is 1. The first-order valence-corrected chi connectivity index (χ1v) is 12.9. The SMILES string of the molecule is Cc1ccc(-c2ccc([C@H]3[C@@H](c4ccccn4)NC(=S)N3CCCNc3ccccc3)o2)c(Br)c1. The third-order valence-electron chi connectivity index (χ3n) is 6.18. The number of aryl methyl sites for hydroxylation is 1. The highest BCUT2D eigenvalue weighted by molar-refractivity contribution is 9.10. The lowest BCUT2D eigenvalue weighted by Gasteiger charge is -2.26. The number of rotatable bonds is 8. The first-order chi connectivity index (χ1) is 17.1. The van der Waals surface area contributed by atoms with Crippen LogP contribution in [0.5, 0.6) is 0 Å². The van der Waals surface area contributed by atoms with Gasteiger partial charge in [0.25, 0.3) is 0 Å². The van der Waals surface area contributed by atoms with Crippen molar-refractivity contribution in [2.75, 3.05) is 18.4 Å². The van der Waals surface area contributed by atoms with Gasteiger partial charge in [-0.1, -0.05) is 46.3 Å². The molecule has 5 rings (SSSR count). The van der Waals surface area contributed by atoms with Gasteiger partial charge in [-0.05, 0) is 79.7 Å². The van der Waals surface area contributed by atoms with Crippen LogP contribution in [-0.2, 0) is 0 Å². The number of para-hydroxylation sites is 1. The molecule has 0 radical (unpaired) electrons. The molecule has 1 aliphatic rings. The van der Waals surface area contributed by atoms with Gasteiger partial charge in [0.15, 0.2) is 5.11 Å². The second-order valence-corrected chi connectivity index (χ2v) is 9.89. The van der Waals surface area contributed by atoms with Crippen LogP contribution in [0, 0.1) is 6.92 Å². The molecule has 0 unspecified atom stereocenters. The third kappa shape index (κ3) is 5.26. The molecule has 7 heteroatoms. The van der Waals surface area contributed by atoms with E-state index in [1.165, 1.54) is 5.56 Å². The van der Waals surface area contributed by atoms with E-state index in [4.69, 9.17) is 16.6 Å². The highest BCUT2D eigenvalue weighted by atomic mass is 79.9. The van der Waals surface area contributed by atoms with E-state index in [0.717, 1.165) is 57.6 Å². The maximum Gasteiger partial charge on any atom is 0.170 e. The first-order valence-electron chi connectivity index (χ1n) is 11.7. The van der Waals surface area contributed by atoms with Crippen molar-refractivity contribution in [3.63, 3.8) is 0 Å². The molecule has 4 aromatic rings. The Morgan fingerprint density at radius 1 is 1.06 bits per heavy atom. The van der Waals surface area contributed by atoms with Crippen LogP contribution < -0.4 is 10.6 Å². The van der Waals surface area contributed by atoms with Crippen LogP contribution in [0.25, 0.3) is 11.3 Å². The van der Waals surface area contributed by atoms with Crippen LogP contribution >= 0.6 is 28.1 Å². The van der Waals surface area contributed by atoms with Crippen molar-refractivity contribution >= 4 is 38.9 Å². The lowest BCUT2D eigenvalue weighted by molar-refractivity contribution is 0.274. The van der Waals surface area contributed by atoms with Gasteiger partial charge in [0.05, 0.1) is 11.7 Å². The van der Waals surface area contributed by atoms with Gasteiger partial charge in [-0.2, -0.15) is 0 Å². The molecule has 2 atom stereocenters. The quantitative estimate of drug-likeness (QED) is 0.185. The van der Waals surface area contributed by atoms with Crippen LogP contribution in [0.2, 0.25) is 0 Å². The van der Waals surface area contributed by atoms with Gasteiger partial charge in [0.2, 0.25) is 0 Å². The topological polar surface area (TPSA) is 53.3 Å². The number of nitrogens with one attached hydrogen (secondary N) is 2. The van der Waals surface area contributed by atoms with Gasteiger partial charge in [-0.25, -0.2) is 0 Å². The second kappa shape index (κ2) is 10.6. The summed E-state index contributed by atoms with van der Waals surface area (Å²) in [6, 6.07) is 26.4. The fourth-order valence-electron chi connectivity index (χ4n) is 4.47. The van der Waals surface area contributed by atoms with Gasteiger partial charge < -0.3 is 20.0 Å². The molecule has 0 aliphatic carbocycles. The van der Waals surface area contributed by atoms with Crippen LogP contribution in [0.4, 0.5) is 5.69 Å². The van der Waals surface area contributed by atoms with Crippen molar-refractivity contribution in [2.24, 2.45) is 0 Å². The number of hydrogen-bond acceptors (Lipinski definition) is 4. The Morgan fingerprint density at radius 2 is 1.89 bits per heavy atom. The highest BCUT2D eigenvalue weighted by Gasteiger charge is 2.41. The van der Waals surface area contributed by atoms with Crippen molar-refractivity contribution in [3.8, 4) is 11.3 Å². The summed E-state index contributed by atoms with van der Waals surface area (Å²) in [6.07, 6.45) is 2.75. The summed E-state index contributed by atoms with van der Waals surface area (Å²) in [5, 5.41) is 7.71. The molecule has 0 saturated carbocycles. The van der Waals surface area contributed by atoms with Crippen molar-refractivity contribution in [1.29, 1.82) is 0 Å². The lowest BCUT2D eigenvalue weighted by Crippen LogP contribution is -2.31. The Labute approximate surface area is 219 Å². The molecule has 2 aromatic heterocycles. The number of hydrogen-bond donors (Lipinski definition) is 2. The van der Waals surface area contributed by atoms with Gasteiger partial charge in [0, 0.05) is 35.0 Å². The minimum absolute atomic E-state index is 0.0906. The smallest absolute Gasteiger partial charge is 0.170 e. The number of benzene rings is 2. The van der Waals surface area contributed by atoms with Crippen LogP contribution in [0.1, 0.15) is 35.5 Å². The minimum atomic E-state index is -0.0914. The summed E-state index contributed by atoms with van der Waals surface area (Å²) in [7, 11) is 0. The van der Waals surface area contributed by atoms with E-state index in [1.807, 2.05) is 48.7 Å². The normalized spacial score (nSPS) is 17.4. The van der Waals surface area contributed by atoms with Crippen molar-refractivity contribution in [1.82, 2.24) is 15.2 Å². The standard InChI is InChI=1S/C28H27BrN4OS/c1-19-11-12-21(22(29)18-19)24-13-14-25(34-24)27-26(23-10-5-6-15-31-23)32-28(35)33(27)17-7-16-30-20-8-3-2-4-9-20/h2-6,8-15,18,26-27,30H,7,16-17H2,1H3,(H,32,35)/t26-,27+/m1/s1. The van der Waals surface area contributed by atoms with Crippen molar-refractivity contribution in [2.45, 2.75) is 25.4 Å². The third-order valence-corrected chi connectivity index (χ3v) is 7.19. The lowest BCUT2D eigenvalue weighted by atomic mass is 10.0. The Hall–Kier alpha value is -3.16. The largest absolute Gasteiger partial charge is 0.459 e. The zero-order valence-electron chi connectivity index (χ0n) is 19.4. The zero-order valence-corrected chi connectivity index (χ0v) is 21.9. The van der Waals surface area contributed by atoms with Crippen LogP contribution in [-0.4, -0.2) is 28.1 Å². The number of pyridine rings is 1. The van der Waals surface area contributed by atoms with E-state index < -0.39 is 0 Å². The van der Waals surface area contributed by atoms with E-state index in [0.29, 0.717) is 0 Å². The van der Waals surface area contributed by atoms with Gasteiger partial charge in [-0.3, -0.25) is 4.98 Å². The summed E-state index contributed by atoms with van der Waals surface area (Å²) < 4.78 is 7.48. The summed E-state index contributed by atoms with van der Waals surface area (Å²) in [4.78, 5) is 6.85. The van der Waals surface area contributed by atoms with Crippen LogP contribution in [0.3, 0.4) is 0 Å². The maximum atomic E-state index is 6.47. The predicted molar refractivity (Wildman–Crippen MR) is 148 cm³/mol. The fourth-order valence-corrected chi connectivity index (χ4v) is 5.49. The van der Waals surface area contributed by atoms with E-state index in [-0.39, 0.29) is 12.1 Å². The van der Waals surface area contributed by atoms with E-state index in [9.17, 15) is 0 Å². The van der Waals surface area contributed by atoms with Gasteiger partial charge >= 0.3 is 0 Å². The molecule has 5 nitrogen and oxygen atoms in total. The summed E-state index contributed by atoms with van der Waals surface area (Å²) in [5.41, 5.74) is 4.29. The number of anilines is 1. The number of nitrogens with zero attached hydrogens (tertiary/aromatic N) is 2. The Bertz CT molecular complexity index is 1290. The number of thiocarbonyl (C=S) groups is 1. The molecular formula is C28H27BrN4OS. The molecule has 178 valence electrons. The van der Waals surface area contributed by atoms with Gasteiger partial charge in [-0.15, -0.1) is 0 Å². The zero-order chi connectivity index (χ0) is 24.2. The average molecular weight is 548 g/mol. The van der Waals surface area contributed by atoms with Crippen molar-refractivity contribution < 1.29 is 4.42 Å². The fraction of sp³-hybridized carbons (Fsp3) is 0.214. The minimum Gasteiger partial charge on any atom is -0.459 e. The summed E-state index contributed by atoms with van der Waals surface area (Å²) in [5.74, 6) is 1.70. The monoisotopic (exact) mass is 546 g/mol. The summed E-state index contributed by atoms with van der Waals surface area (Å²) >= 11 is 9.48. The molecule has 0 spiro atoms. The average Bonchev–Trinajstić information content (AvgIpc) is 3.47.